The van der Waals surface area contributed by atoms with Crippen molar-refractivity contribution in [2.24, 2.45) is 13.0 Å². The number of fused-ring (bicyclic) bond motifs is 1. The Hall–Kier alpha value is -3.57. The smallest absolute Gasteiger partial charge is 0.261 e. The van der Waals surface area contributed by atoms with Crippen LogP contribution in [0.15, 0.2) is 64.9 Å². The topological polar surface area (TPSA) is 160 Å². The number of imidazole rings is 1. The third kappa shape index (κ3) is 9.11. The summed E-state index contributed by atoms with van der Waals surface area (Å²) >= 11 is 0. The number of ether oxygens (including phenoxy) is 2. The Morgan fingerprint density at radius 3 is 2.48 bits per heavy atom. The summed E-state index contributed by atoms with van der Waals surface area (Å²) in [7, 11) is -4.92. The number of anilines is 1. The number of nitrogens with one attached hydrogen (secondary N) is 1. The van der Waals surface area contributed by atoms with Gasteiger partial charge in [-0.15, -0.1) is 0 Å². The summed E-state index contributed by atoms with van der Waals surface area (Å²) in [6.45, 7) is 5.42. The van der Waals surface area contributed by atoms with Crippen LogP contribution >= 0.6 is 0 Å². The number of amides is 1. The molecular weight excluding hydrogens is 666 g/mol. The van der Waals surface area contributed by atoms with Gasteiger partial charge >= 0.3 is 0 Å². The highest BCUT2D eigenvalue weighted by molar-refractivity contribution is 7.92. The predicted molar refractivity (Wildman–Crippen MR) is 177 cm³/mol. The second-order valence-corrected chi connectivity index (χ2v) is 15.9. The van der Waals surface area contributed by atoms with E-state index in [1.54, 1.807) is 18.5 Å². The molecular formula is C32H44FN5O8S2. The van der Waals surface area contributed by atoms with Gasteiger partial charge in [0.2, 0.25) is 0 Å². The molecule has 0 saturated heterocycles. The SMILES string of the molecule is C[C@H](CO)N1C[C@H](C)[C@@H](CN(C)S(=O)(=O)c2cn(C)cn2)OCCCC[C@H](C)Oc2ccc(NS(=O)(=O)c3ccc(F)cc3)cc2C1=O. The summed E-state index contributed by atoms with van der Waals surface area (Å²) in [5.74, 6) is -1.28. The van der Waals surface area contributed by atoms with Crippen molar-refractivity contribution in [3.8, 4) is 5.75 Å². The molecule has 4 rings (SSSR count). The van der Waals surface area contributed by atoms with Gasteiger partial charge in [-0.3, -0.25) is 9.52 Å². The first-order valence-corrected chi connectivity index (χ1v) is 18.6. The lowest BCUT2D eigenvalue weighted by molar-refractivity contribution is -0.00835. The second-order valence-electron chi connectivity index (χ2n) is 12.2. The molecule has 0 spiro atoms. The summed E-state index contributed by atoms with van der Waals surface area (Å²) in [5.41, 5.74) is 0.147. The molecule has 2 N–H and O–H groups in total. The van der Waals surface area contributed by atoms with Crippen LogP contribution in [-0.4, -0.2) is 98.2 Å². The molecule has 16 heteroatoms. The van der Waals surface area contributed by atoms with Crippen molar-refractivity contribution < 1.29 is 40.6 Å². The van der Waals surface area contributed by atoms with Crippen molar-refractivity contribution >= 4 is 31.6 Å². The second kappa shape index (κ2) is 15.8. The monoisotopic (exact) mass is 709 g/mol. The van der Waals surface area contributed by atoms with Gasteiger partial charge in [-0.2, -0.15) is 4.31 Å². The first-order valence-electron chi connectivity index (χ1n) is 15.7. The number of aliphatic hydroxyl groups is 1. The Morgan fingerprint density at radius 1 is 1.12 bits per heavy atom. The minimum absolute atomic E-state index is 0.0129. The molecule has 264 valence electrons. The van der Waals surface area contributed by atoms with Crippen molar-refractivity contribution in [1.29, 1.82) is 0 Å². The number of aryl methyl sites for hydroxylation is 1. The molecule has 13 nitrogen and oxygen atoms in total. The number of benzene rings is 2. The zero-order valence-corrected chi connectivity index (χ0v) is 29.4. The number of halogens is 1. The molecule has 1 aliphatic rings. The maximum absolute atomic E-state index is 14.3. The molecule has 3 aromatic rings. The van der Waals surface area contributed by atoms with Crippen LogP contribution in [0.1, 0.15) is 50.4 Å². The molecule has 4 atom stereocenters. The lowest BCUT2D eigenvalue weighted by Crippen LogP contribution is -2.48. The van der Waals surface area contributed by atoms with E-state index in [0.717, 1.165) is 30.7 Å². The van der Waals surface area contributed by atoms with Crippen LogP contribution < -0.4 is 9.46 Å². The minimum atomic E-state index is -4.13. The molecule has 2 aromatic carbocycles. The first kappa shape index (κ1) is 37.3. The lowest BCUT2D eigenvalue weighted by atomic mass is 10.0. The van der Waals surface area contributed by atoms with Gasteiger partial charge in [0.05, 0.1) is 41.6 Å². The Labute approximate surface area is 281 Å². The highest BCUT2D eigenvalue weighted by Crippen LogP contribution is 2.30. The fraction of sp³-hybridized carbons (Fsp3) is 0.500. The Kier molecular flexibility index (Phi) is 12.2. The summed E-state index contributed by atoms with van der Waals surface area (Å²) in [6.07, 6.45) is 3.93. The van der Waals surface area contributed by atoms with Gasteiger partial charge < -0.3 is 24.0 Å². The van der Waals surface area contributed by atoms with Crippen molar-refractivity contribution in [2.45, 2.75) is 68.2 Å². The van der Waals surface area contributed by atoms with Gasteiger partial charge in [0.25, 0.3) is 26.0 Å². The van der Waals surface area contributed by atoms with Crippen molar-refractivity contribution in [1.82, 2.24) is 18.8 Å². The number of sulfonamides is 2. The number of carbonyl (C=O) groups excluding carboxylic acids is 1. The first-order chi connectivity index (χ1) is 22.6. The number of aliphatic hydroxyl groups excluding tert-OH is 1. The molecule has 0 bridgehead atoms. The van der Waals surface area contributed by atoms with Crippen molar-refractivity contribution in [3.05, 3.63) is 66.4 Å². The van der Waals surface area contributed by atoms with E-state index in [2.05, 4.69) is 9.71 Å². The average Bonchev–Trinajstić information content (AvgIpc) is 3.49. The number of hydrogen-bond acceptors (Lipinski definition) is 9. The van der Waals surface area contributed by atoms with E-state index >= 15 is 0 Å². The summed E-state index contributed by atoms with van der Waals surface area (Å²) in [4.78, 5) is 19.6. The van der Waals surface area contributed by atoms with Gasteiger partial charge in [0.15, 0.2) is 5.03 Å². The molecule has 0 unspecified atom stereocenters. The molecule has 0 aliphatic carbocycles. The molecule has 0 radical (unpaired) electrons. The summed E-state index contributed by atoms with van der Waals surface area (Å²) in [6, 6.07) is 8.05. The lowest BCUT2D eigenvalue weighted by Gasteiger charge is -2.35. The highest BCUT2D eigenvalue weighted by atomic mass is 32.2. The van der Waals surface area contributed by atoms with E-state index in [4.69, 9.17) is 9.47 Å². The molecule has 0 saturated carbocycles. The van der Waals surface area contributed by atoms with Crippen LogP contribution in [0.2, 0.25) is 0 Å². The maximum atomic E-state index is 14.3. The zero-order chi connectivity index (χ0) is 35.2. The van der Waals surface area contributed by atoms with E-state index < -0.39 is 49.8 Å². The van der Waals surface area contributed by atoms with Crippen molar-refractivity contribution in [3.63, 3.8) is 0 Å². The minimum Gasteiger partial charge on any atom is -0.490 e. The number of rotatable bonds is 9. The number of nitrogens with zero attached hydrogens (tertiary/aromatic N) is 4. The number of likely N-dealkylation sites (N-methyl/N-ethyl adjacent to an activating group) is 1. The molecule has 1 amide bonds. The molecule has 2 heterocycles. The average molecular weight is 710 g/mol. The standard InChI is InChI=1S/C32H44FN5O8S2/c1-22-17-38(23(2)20-39)32(40)28-16-26(35-47(41,42)27-12-9-25(33)10-13-27)11-14-29(28)46-24(3)8-6-7-15-45-30(22)18-37(5)48(43,44)31-19-36(4)21-34-31/h9-14,16,19,21-24,30,35,39H,6-8,15,17-18,20H2,1-5H3/t22-,23+,24-,30+/m0/s1. The zero-order valence-electron chi connectivity index (χ0n) is 27.7. The van der Waals surface area contributed by atoms with E-state index in [1.807, 2.05) is 13.8 Å². The van der Waals surface area contributed by atoms with Crippen LogP contribution in [0.4, 0.5) is 10.1 Å². The number of aromatic nitrogens is 2. The van der Waals surface area contributed by atoms with Crippen LogP contribution in [0.5, 0.6) is 5.75 Å². The van der Waals surface area contributed by atoms with Crippen LogP contribution in [-0.2, 0) is 31.8 Å². The Bertz CT molecular complexity index is 1770. The van der Waals surface area contributed by atoms with Gasteiger partial charge in [-0.1, -0.05) is 6.92 Å². The summed E-state index contributed by atoms with van der Waals surface area (Å²) in [5, 5.41) is 10.1. The largest absolute Gasteiger partial charge is 0.490 e. The van der Waals surface area contributed by atoms with Crippen LogP contribution in [0.3, 0.4) is 0 Å². The molecule has 0 fully saturated rings. The maximum Gasteiger partial charge on any atom is 0.261 e. The van der Waals surface area contributed by atoms with Crippen LogP contribution in [0, 0.1) is 11.7 Å². The van der Waals surface area contributed by atoms with Gasteiger partial charge in [-0.05, 0) is 75.6 Å². The fourth-order valence-corrected chi connectivity index (χ4v) is 7.50. The highest BCUT2D eigenvalue weighted by Gasteiger charge is 2.33. The van der Waals surface area contributed by atoms with E-state index in [9.17, 15) is 31.1 Å². The van der Waals surface area contributed by atoms with Crippen molar-refractivity contribution in [2.75, 3.05) is 38.1 Å². The number of carbonyl (C=O) groups is 1. The third-order valence-electron chi connectivity index (χ3n) is 8.22. The molecule has 1 aromatic heterocycles. The molecule has 48 heavy (non-hydrogen) atoms. The normalized spacial score (nSPS) is 20.9. The van der Waals surface area contributed by atoms with Gasteiger partial charge in [0, 0.05) is 51.6 Å². The molecule has 1 aliphatic heterocycles. The van der Waals surface area contributed by atoms with E-state index in [1.165, 1.54) is 47.0 Å². The van der Waals surface area contributed by atoms with Crippen LogP contribution in [0.25, 0.3) is 0 Å². The van der Waals surface area contributed by atoms with E-state index in [0.29, 0.717) is 19.4 Å². The van der Waals surface area contributed by atoms with E-state index in [-0.39, 0.29) is 52.7 Å². The predicted octanol–water partition coefficient (Wildman–Crippen LogP) is 3.48. The summed E-state index contributed by atoms with van der Waals surface area (Å²) < 4.78 is 83.8. The Balaban J connectivity index is 1.68. The fourth-order valence-electron chi connectivity index (χ4n) is 5.31. The Morgan fingerprint density at radius 2 is 1.83 bits per heavy atom. The van der Waals surface area contributed by atoms with Gasteiger partial charge in [0.1, 0.15) is 11.6 Å². The third-order valence-corrected chi connectivity index (χ3v) is 11.3. The number of hydrogen-bond donors (Lipinski definition) is 2. The quantitative estimate of drug-likeness (QED) is 0.339. The van der Waals surface area contributed by atoms with Gasteiger partial charge in [-0.25, -0.2) is 26.2 Å².